The SMILES string of the molecule is CNC(Cc1ccc(Cl)s1)c1cc(Br)ccc1I. The zero-order valence-corrected chi connectivity index (χ0v) is 15.0. The highest BCUT2D eigenvalue weighted by atomic mass is 127. The van der Waals surface area contributed by atoms with Crippen molar-refractivity contribution in [1.29, 1.82) is 0 Å². The average molecular weight is 457 g/mol. The van der Waals surface area contributed by atoms with E-state index >= 15 is 0 Å². The smallest absolute Gasteiger partial charge is 0.0931 e. The zero-order chi connectivity index (χ0) is 13.1. The van der Waals surface area contributed by atoms with Crippen molar-refractivity contribution in [3.8, 4) is 0 Å². The first kappa shape index (κ1) is 14.8. The lowest BCUT2D eigenvalue weighted by Gasteiger charge is -2.18. The molecule has 2 rings (SSSR count). The monoisotopic (exact) mass is 455 g/mol. The Morgan fingerprint density at radius 1 is 1.39 bits per heavy atom. The Balaban J connectivity index is 2.25. The summed E-state index contributed by atoms with van der Waals surface area (Å²) >= 11 is 13.5. The minimum Gasteiger partial charge on any atom is -0.313 e. The van der Waals surface area contributed by atoms with Crippen LogP contribution >= 0.6 is 61.5 Å². The van der Waals surface area contributed by atoms with E-state index in [2.05, 4.69) is 68.1 Å². The quantitative estimate of drug-likeness (QED) is 0.618. The molecule has 0 spiro atoms. The van der Waals surface area contributed by atoms with Crippen LogP contribution in [0.4, 0.5) is 0 Å². The molecule has 0 amide bonds. The molecule has 1 nitrogen and oxygen atoms in total. The molecule has 1 unspecified atom stereocenters. The molecule has 1 heterocycles. The number of halogens is 3. The van der Waals surface area contributed by atoms with Crippen molar-refractivity contribution in [2.24, 2.45) is 0 Å². The summed E-state index contributed by atoms with van der Waals surface area (Å²) in [6.07, 6.45) is 0.959. The van der Waals surface area contributed by atoms with Crippen LogP contribution in [0.2, 0.25) is 4.34 Å². The second-order valence-electron chi connectivity index (χ2n) is 3.92. The van der Waals surface area contributed by atoms with E-state index in [9.17, 15) is 0 Å². The lowest BCUT2D eigenvalue weighted by Crippen LogP contribution is -2.19. The van der Waals surface area contributed by atoms with E-state index in [-0.39, 0.29) is 0 Å². The van der Waals surface area contributed by atoms with Gasteiger partial charge >= 0.3 is 0 Å². The second kappa shape index (κ2) is 6.70. The molecule has 18 heavy (non-hydrogen) atoms. The maximum absolute atomic E-state index is 5.98. The Hall–Kier alpha value is 0.380. The third kappa shape index (κ3) is 3.70. The minimum atomic E-state index is 0.309. The largest absolute Gasteiger partial charge is 0.313 e. The molecule has 0 aliphatic heterocycles. The van der Waals surface area contributed by atoms with E-state index in [4.69, 9.17) is 11.6 Å². The third-order valence-electron chi connectivity index (χ3n) is 2.72. The second-order valence-corrected chi connectivity index (χ2v) is 7.79. The third-order valence-corrected chi connectivity index (χ3v) is 5.45. The molecular weight excluding hydrogens is 444 g/mol. The van der Waals surface area contributed by atoms with Crippen LogP contribution in [0.1, 0.15) is 16.5 Å². The molecule has 0 saturated carbocycles. The topological polar surface area (TPSA) is 12.0 Å². The molecule has 96 valence electrons. The fourth-order valence-electron chi connectivity index (χ4n) is 1.81. The summed E-state index contributed by atoms with van der Waals surface area (Å²) in [5, 5.41) is 3.38. The molecule has 5 heteroatoms. The van der Waals surface area contributed by atoms with Crippen LogP contribution in [-0.4, -0.2) is 7.05 Å². The van der Waals surface area contributed by atoms with Crippen LogP contribution in [0.3, 0.4) is 0 Å². The Kier molecular flexibility index (Phi) is 5.50. The van der Waals surface area contributed by atoms with Gasteiger partial charge in [-0.3, -0.25) is 0 Å². The Morgan fingerprint density at radius 3 is 2.78 bits per heavy atom. The highest BCUT2D eigenvalue weighted by Gasteiger charge is 2.14. The fourth-order valence-corrected chi connectivity index (χ4v) is 4.03. The molecule has 0 aliphatic carbocycles. The number of likely N-dealkylation sites (N-methyl/N-ethyl adjacent to an activating group) is 1. The van der Waals surface area contributed by atoms with Crippen LogP contribution in [-0.2, 0) is 6.42 Å². The van der Waals surface area contributed by atoms with E-state index in [0.29, 0.717) is 6.04 Å². The molecular formula is C13H12BrClINS. The van der Waals surface area contributed by atoms with Gasteiger partial charge in [-0.05, 0) is 65.5 Å². The van der Waals surface area contributed by atoms with Crippen molar-refractivity contribution in [2.45, 2.75) is 12.5 Å². The van der Waals surface area contributed by atoms with Crippen molar-refractivity contribution in [3.63, 3.8) is 0 Å². The van der Waals surface area contributed by atoms with Gasteiger partial charge < -0.3 is 5.32 Å². The van der Waals surface area contributed by atoms with Crippen molar-refractivity contribution in [2.75, 3.05) is 7.05 Å². The van der Waals surface area contributed by atoms with Gasteiger partial charge in [0.05, 0.1) is 4.34 Å². The Bertz CT molecular complexity index is 544. The summed E-state index contributed by atoms with van der Waals surface area (Å²) in [6.45, 7) is 0. The van der Waals surface area contributed by atoms with E-state index in [1.54, 1.807) is 11.3 Å². The van der Waals surface area contributed by atoms with Gasteiger partial charge in [-0.15, -0.1) is 11.3 Å². The van der Waals surface area contributed by atoms with E-state index in [1.165, 1.54) is 14.0 Å². The molecule has 1 atom stereocenters. The van der Waals surface area contributed by atoms with Crippen LogP contribution in [0.25, 0.3) is 0 Å². The van der Waals surface area contributed by atoms with Gasteiger partial charge in [0.2, 0.25) is 0 Å². The molecule has 1 aromatic carbocycles. The lowest BCUT2D eigenvalue weighted by molar-refractivity contribution is 0.593. The van der Waals surface area contributed by atoms with Crippen molar-refractivity contribution in [1.82, 2.24) is 5.32 Å². The van der Waals surface area contributed by atoms with Gasteiger partial charge in [-0.1, -0.05) is 27.5 Å². The number of thiophene rings is 1. The van der Waals surface area contributed by atoms with Crippen LogP contribution in [0.5, 0.6) is 0 Å². The normalized spacial score (nSPS) is 12.7. The van der Waals surface area contributed by atoms with Gasteiger partial charge in [0.1, 0.15) is 0 Å². The molecule has 2 aromatic rings. The van der Waals surface area contributed by atoms with Crippen molar-refractivity contribution >= 4 is 61.5 Å². The summed E-state index contributed by atoms with van der Waals surface area (Å²) in [7, 11) is 2.00. The maximum Gasteiger partial charge on any atom is 0.0931 e. The highest BCUT2D eigenvalue weighted by Crippen LogP contribution is 2.29. The van der Waals surface area contributed by atoms with Crippen LogP contribution in [0.15, 0.2) is 34.8 Å². The van der Waals surface area contributed by atoms with Crippen molar-refractivity contribution < 1.29 is 0 Å². The fraction of sp³-hybridized carbons (Fsp3) is 0.231. The van der Waals surface area contributed by atoms with Gasteiger partial charge in [-0.2, -0.15) is 0 Å². The summed E-state index contributed by atoms with van der Waals surface area (Å²) in [6, 6.07) is 10.7. The summed E-state index contributed by atoms with van der Waals surface area (Å²) in [4.78, 5) is 1.30. The summed E-state index contributed by atoms with van der Waals surface area (Å²) < 4.78 is 3.24. The number of hydrogen-bond acceptors (Lipinski definition) is 2. The first-order valence-corrected chi connectivity index (χ1v) is 8.53. The first-order valence-electron chi connectivity index (χ1n) is 5.46. The molecule has 0 saturated heterocycles. The highest BCUT2D eigenvalue weighted by molar-refractivity contribution is 14.1. The van der Waals surface area contributed by atoms with Crippen LogP contribution < -0.4 is 5.32 Å². The average Bonchev–Trinajstić information content (AvgIpc) is 2.75. The standard InChI is InChI=1S/C13H12BrClINS/c1-17-12(7-9-3-5-13(15)18-9)10-6-8(14)2-4-11(10)16/h2-6,12,17H,7H2,1H3. The molecule has 0 fully saturated rings. The van der Waals surface area contributed by atoms with Gasteiger partial charge in [0.25, 0.3) is 0 Å². The predicted octanol–water partition coefficient (Wildman–Crippen LogP) is 5.27. The van der Waals surface area contributed by atoms with Crippen LogP contribution in [0, 0.1) is 3.57 Å². The number of nitrogens with one attached hydrogen (secondary N) is 1. The van der Waals surface area contributed by atoms with Gasteiger partial charge in [0, 0.05) is 25.4 Å². The molecule has 0 radical (unpaired) electrons. The summed E-state index contributed by atoms with van der Waals surface area (Å²) in [5.41, 5.74) is 1.32. The predicted molar refractivity (Wildman–Crippen MR) is 91.7 cm³/mol. The van der Waals surface area contributed by atoms with Gasteiger partial charge in [-0.25, -0.2) is 0 Å². The zero-order valence-electron chi connectivity index (χ0n) is 9.71. The molecule has 0 bridgehead atoms. The maximum atomic E-state index is 5.98. The minimum absolute atomic E-state index is 0.309. The van der Waals surface area contributed by atoms with E-state index in [1.807, 2.05) is 13.1 Å². The molecule has 0 aliphatic rings. The molecule has 1 aromatic heterocycles. The van der Waals surface area contributed by atoms with E-state index in [0.717, 1.165) is 15.2 Å². The number of hydrogen-bond donors (Lipinski definition) is 1. The number of rotatable bonds is 4. The van der Waals surface area contributed by atoms with Gasteiger partial charge in [0.15, 0.2) is 0 Å². The van der Waals surface area contributed by atoms with Crippen molar-refractivity contribution in [3.05, 3.63) is 53.2 Å². The Morgan fingerprint density at radius 2 is 2.17 bits per heavy atom. The summed E-state index contributed by atoms with van der Waals surface area (Å²) in [5.74, 6) is 0. The first-order chi connectivity index (χ1) is 8.60. The lowest BCUT2D eigenvalue weighted by atomic mass is 10.0. The van der Waals surface area contributed by atoms with E-state index < -0.39 is 0 Å². The molecule has 1 N–H and O–H groups in total. The Labute approximate surface area is 138 Å². The number of benzene rings is 1.